The van der Waals surface area contributed by atoms with Crippen LogP contribution >= 0.6 is 23.1 Å². The van der Waals surface area contributed by atoms with E-state index in [-0.39, 0.29) is 5.91 Å². The van der Waals surface area contributed by atoms with Crippen LogP contribution < -0.4 is 5.32 Å². The number of carbonyl (C=O) groups excluding carboxylic acids is 1. The molecular weight excluding hydrogens is 310 g/mol. The van der Waals surface area contributed by atoms with Crippen molar-refractivity contribution in [2.24, 2.45) is 0 Å². The average molecular weight is 325 g/mol. The van der Waals surface area contributed by atoms with Crippen LogP contribution in [0.5, 0.6) is 0 Å². The van der Waals surface area contributed by atoms with E-state index in [0.717, 1.165) is 16.3 Å². The standard InChI is InChI=1S/C18H15NOS2/c20-18(17-7-4-12-21-17)19-15-8-10-16(11-9-15)22-13-14-5-2-1-3-6-14/h1-12H,13H2,(H,19,20). The first-order valence-electron chi connectivity index (χ1n) is 6.93. The van der Waals surface area contributed by atoms with Crippen molar-refractivity contribution >= 4 is 34.7 Å². The van der Waals surface area contributed by atoms with Crippen molar-refractivity contribution in [3.8, 4) is 0 Å². The molecule has 0 spiro atoms. The minimum absolute atomic E-state index is 0.0558. The minimum atomic E-state index is -0.0558. The van der Waals surface area contributed by atoms with Gasteiger partial charge in [-0.3, -0.25) is 4.79 Å². The Morgan fingerprint density at radius 3 is 2.41 bits per heavy atom. The second-order valence-corrected chi connectivity index (χ2v) is 6.73. The number of carbonyl (C=O) groups is 1. The Labute approximate surface area is 138 Å². The molecule has 2 nitrogen and oxygen atoms in total. The van der Waals surface area contributed by atoms with Gasteiger partial charge < -0.3 is 5.32 Å². The molecule has 0 unspecified atom stereocenters. The Kier molecular flexibility index (Phi) is 4.93. The number of amides is 1. The first-order chi connectivity index (χ1) is 10.8. The van der Waals surface area contributed by atoms with Gasteiger partial charge in [-0.1, -0.05) is 36.4 Å². The second kappa shape index (κ2) is 7.29. The monoisotopic (exact) mass is 325 g/mol. The van der Waals surface area contributed by atoms with Gasteiger partial charge in [0, 0.05) is 16.3 Å². The van der Waals surface area contributed by atoms with Crippen LogP contribution in [-0.4, -0.2) is 5.91 Å². The third kappa shape index (κ3) is 4.00. The third-order valence-electron chi connectivity index (χ3n) is 3.11. The summed E-state index contributed by atoms with van der Waals surface area (Å²) in [4.78, 5) is 13.9. The summed E-state index contributed by atoms with van der Waals surface area (Å²) in [6.45, 7) is 0. The highest BCUT2D eigenvalue weighted by Gasteiger charge is 2.06. The van der Waals surface area contributed by atoms with Crippen molar-refractivity contribution < 1.29 is 4.79 Å². The molecule has 0 saturated carbocycles. The zero-order chi connectivity index (χ0) is 15.2. The van der Waals surface area contributed by atoms with E-state index < -0.39 is 0 Å². The molecule has 2 aromatic carbocycles. The zero-order valence-electron chi connectivity index (χ0n) is 11.9. The van der Waals surface area contributed by atoms with E-state index in [1.54, 1.807) is 11.8 Å². The smallest absolute Gasteiger partial charge is 0.265 e. The van der Waals surface area contributed by atoms with Crippen LogP contribution in [0.2, 0.25) is 0 Å². The normalized spacial score (nSPS) is 10.4. The molecule has 0 fully saturated rings. The van der Waals surface area contributed by atoms with E-state index in [1.165, 1.54) is 21.8 Å². The molecule has 1 heterocycles. The molecule has 0 aliphatic heterocycles. The zero-order valence-corrected chi connectivity index (χ0v) is 13.5. The first-order valence-corrected chi connectivity index (χ1v) is 8.79. The van der Waals surface area contributed by atoms with Gasteiger partial charge in [0.05, 0.1) is 4.88 Å². The van der Waals surface area contributed by atoms with Crippen LogP contribution in [-0.2, 0) is 5.75 Å². The summed E-state index contributed by atoms with van der Waals surface area (Å²) in [5.74, 6) is 0.890. The largest absolute Gasteiger partial charge is 0.321 e. The maximum atomic E-state index is 12.0. The number of hydrogen-bond acceptors (Lipinski definition) is 3. The summed E-state index contributed by atoms with van der Waals surface area (Å²) in [6.07, 6.45) is 0. The summed E-state index contributed by atoms with van der Waals surface area (Å²) in [5, 5.41) is 4.81. The Morgan fingerprint density at radius 1 is 0.955 bits per heavy atom. The quantitative estimate of drug-likeness (QED) is 0.646. The van der Waals surface area contributed by atoms with E-state index in [4.69, 9.17) is 0 Å². The van der Waals surface area contributed by atoms with Gasteiger partial charge in [-0.15, -0.1) is 23.1 Å². The molecule has 0 aliphatic carbocycles. The third-order valence-corrected chi connectivity index (χ3v) is 5.06. The lowest BCUT2D eigenvalue weighted by atomic mass is 10.2. The van der Waals surface area contributed by atoms with E-state index in [0.29, 0.717) is 0 Å². The Hall–Kier alpha value is -2.04. The van der Waals surface area contributed by atoms with Gasteiger partial charge in [0.1, 0.15) is 0 Å². The maximum Gasteiger partial charge on any atom is 0.265 e. The fraction of sp³-hybridized carbons (Fsp3) is 0.0556. The molecule has 4 heteroatoms. The molecule has 3 aromatic rings. The van der Waals surface area contributed by atoms with Crippen LogP contribution in [0.15, 0.2) is 77.0 Å². The van der Waals surface area contributed by atoms with Crippen LogP contribution in [0.3, 0.4) is 0 Å². The van der Waals surface area contributed by atoms with E-state index in [1.807, 2.05) is 47.8 Å². The van der Waals surface area contributed by atoms with Gasteiger partial charge in [-0.25, -0.2) is 0 Å². The summed E-state index contributed by atoms with van der Waals surface area (Å²) in [5.41, 5.74) is 2.13. The van der Waals surface area contributed by atoms with Gasteiger partial charge in [0.25, 0.3) is 5.91 Å². The highest BCUT2D eigenvalue weighted by molar-refractivity contribution is 7.98. The molecule has 0 atom stereocenters. The summed E-state index contributed by atoms with van der Waals surface area (Å²) < 4.78 is 0. The number of nitrogens with one attached hydrogen (secondary N) is 1. The number of anilines is 1. The predicted octanol–water partition coefficient (Wildman–Crippen LogP) is 5.29. The van der Waals surface area contributed by atoms with Crippen LogP contribution in [0, 0.1) is 0 Å². The maximum absolute atomic E-state index is 12.0. The Bertz CT molecular complexity index is 722. The van der Waals surface area contributed by atoms with E-state index >= 15 is 0 Å². The topological polar surface area (TPSA) is 29.1 Å². The summed E-state index contributed by atoms with van der Waals surface area (Å²) in [7, 11) is 0. The van der Waals surface area contributed by atoms with E-state index in [9.17, 15) is 4.79 Å². The van der Waals surface area contributed by atoms with Crippen LogP contribution in [0.25, 0.3) is 0 Å². The SMILES string of the molecule is O=C(Nc1ccc(SCc2ccccc2)cc1)c1cccs1. The van der Waals surface area contributed by atoms with Gasteiger partial charge >= 0.3 is 0 Å². The molecule has 22 heavy (non-hydrogen) atoms. The molecule has 3 rings (SSSR count). The average Bonchev–Trinajstić information content (AvgIpc) is 3.10. The molecule has 110 valence electrons. The lowest BCUT2D eigenvalue weighted by Crippen LogP contribution is -2.09. The number of rotatable bonds is 5. The predicted molar refractivity (Wildman–Crippen MR) is 94.7 cm³/mol. The molecule has 1 amide bonds. The Morgan fingerprint density at radius 2 is 1.73 bits per heavy atom. The molecule has 0 aliphatic rings. The van der Waals surface area contributed by atoms with Crippen molar-refractivity contribution in [2.45, 2.75) is 10.6 Å². The lowest BCUT2D eigenvalue weighted by Gasteiger charge is -2.06. The van der Waals surface area contributed by atoms with Crippen molar-refractivity contribution in [3.63, 3.8) is 0 Å². The minimum Gasteiger partial charge on any atom is -0.321 e. The highest BCUT2D eigenvalue weighted by atomic mass is 32.2. The molecule has 1 N–H and O–H groups in total. The van der Waals surface area contributed by atoms with Crippen molar-refractivity contribution in [2.75, 3.05) is 5.32 Å². The van der Waals surface area contributed by atoms with Gasteiger partial charge in [0.15, 0.2) is 0 Å². The molecular formula is C18H15NOS2. The van der Waals surface area contributed by atoms with Crippen LogP contribution in [0.1, 0.15) is 15.2 Å². The fourth-order valence-corrected chi connectivity index (χ4v) is 3.45. The number of hydrogen-bond donors (Lipinski definition) is 1. The van der Waals surface area contributed by atoms with E-state index in [2.05, 4.69) is 29.6 Å². The van der Waals surface area contributed by atoms with Crippen molar-refractivity contribution in [3.05, 3.63) is 82.6 Å². The summed E-state index contributed by atoms with van der Waals surface area (Å²) in [6, 6.07) is 22.1. The van der Waals surface area contributed by atoms with Crippen molar-refractivity contribution in [1.29, 1.82) is 0 Å². The molecule has 0 radical (unpaired) electrons. The highest BCUT2D eigenvalue weighted by Crippen LogP contribution is 2.24. The second-order valence-electron chi connectivity index (χ2n) is 4.73. The number of thiophene rings is 1. The first kappa shape index (κ1) is 14.9. The molecule has 1 aromatic heterocycles. The van der Waals surface area contributed by atoms with Gasteiger partial charge in [-0.2, -0.15) is 0 Å². The Balaban J connectivity index is 1.57. The van der Waals surface area contributed by atoms with Gasteiger partial charge in [0.2, 0.25) is 0 Å². The fourth-order valence-electron chi connectivity index (χ4n) is 1.98. The summed E-state index contributed by atoms with van der Waals surface area (Å²) >= 11 is 3.23. The van der Waals surface area contributed by atoms with Crippen LogP contribution in [0.4, 0.5) is 5.69 Å². The molecule has 0 bridgehead atoms. The van der Waals surface area contributed by atoms with Gasteiger partial charge in [-0.05, 0) is 41.3 Å². The molecule has 0 saturated heterocycles. The lowest BCUT2D eigenvalue weighted by molar-refractivity contribution is 0.103. The van der Waals surface area contributed by atoms with Crippen molar-refractivity contribution in [1.82, 2.24) is 0 Å². The number of thioether (sulfide) groups is 1. The number of benzene rings is 2.